The normalized spacial score (nSPS) is 11.7. The molecule has 0 fully saturated rings. The molecule has 0 saturated heterocycles. The fraction of sp³-hybridized carbons (Fsp3) is 0.160. The maximum absolute atomic E-state index is 8.92. The molecule has 2 aromatic rings. The average molecular weight is 396 g/mol. The first-order valence-electron chi connectivity index (χ1n) is 9.46. The van der Waals surface area contributed by atoms with Gasteiger partial charge in [0.15, 0.2) is 0 Å². The number of rotatable bonds is 6. The van der Waals surface area contributed by atoms with Gasteiger partial charge in [-0.3, -0.25) is 0 Å². The van der Waals surface area contributed by atoms with Crippen LogP contribution in [0.15, 0.2) is 72.0 Å². The first-order chi connectivity index (χ1) is 14.3. The lowest BCUT2D eigenvalue weighted by Crippen LogP contribution is -2.06. The number of nitrogens with zero attached hydrogens (tertiary/aromatic N) is 3. The number of amidine groups is 1. The molecule has 0 atom stereocenters. The second kappa shape index (κ2) is 10.5. The summed E-state index contributed by atoms with van der Waals surface area (Å²) in [5.74, 6) is 0.718. The minimum atomic E-state index is 0.616. The van der Waals surface area contributed by atoms with Crippen molar-refractivity contribution in [2.45, 2.75) is 27.7 Å². The van der Waals surface area contributed by atoms with Gasteiger partial charge in [-0.25, -0.2) is 4.99 Å². The van der Waals surface area contributed by atoms with E-state index in [0.717, 1.165) is 39.5 Å². The Balaban J connectivity index is 2.08. The summed E-state index contributed by atoms with van der Waals surface area (Å²) in [5.41, 5.74) is 7.28. The largest absolute Gasteiger partial charge is 0.356 e. The molecule has 150 valence electrons. The predicted molar refractivity (Wildman–Crippen MR) is 125 cm³/mol. The summed E-state index contributed by atoms with van der Waals surface area (Å²) < 4.78 is 0. The van der Waals surface area contributed by atoms with Crippen molar-refractivity contribution in [3.63, 3.8) is 0 Å². The Morgan fingerprint density at radius 1 is 1.03 bits per heavy atom. The van der Waals surface area contributed by atoms with E-state index in [1.54, 1.807) is 30.5 Å². The highest BCUT2D eigenvalue weighted by Gasteiger charge is 2.09. The van der Waals surface area contributed by atoms with E-state index in [-0.39, 0.29) is 0 Å². The van der Waals surface area contributed by atoms with E-state index in [2.05, 4.69) is 34.3 Å². The van der Waals surface area contributed by atoms with Crippen LogP contribution in [0.2, 0.25) is 0 Å². The van der Waals surface area contributed by atoms with E-state index >= 15 is 0 Å². The number of aliphatic imine (C=N–C) groups is 1. The number of aryl methyl sites for hydroxylation is 1. The third-order valence-electron chi connectivity index (χ3n) is 4.55. The van der Waals surface area contributed by atoms with E-state index < -0.39 is 0 Å². The lowest BCUT2D eigenvalue weighted by Gasteiger charge is -2.16. The van der Waals surface area contributed by atoms with Gasteiger partial charge in [0.05, 0.1) is 17.7 Å². The molecule has 30 heavy (non-hydrogen) atoms. The quantitative estimate of drug-likeness (QED) is 0.269. The zero-order valence-corrected chi connectivity index (χ0v) is 17.7. The molecule has 2 aromatic carbocycles. The summed E-state index contributed by atoms with van der Waals surface area (Å²) in [6.07, 6.45) is 5.03. The number of benzene rings is 2. The van der Waals surface area contributed by atoms with Crippen molar-refractivity contribution >= 4 is 22.8 Å². The Morgan fingerprint density at radius 3 is 2.37 bits per heavy atom. The molecule has 0 spiro atoms. The Labute approximate surface area is 178 Å². The molecule has 2 rings (SSSR count). The van der Waals surface area contributed by atoms with E-state index in [9.17, 15) is 0 Å². The molecular weight excluding hydrogens is 370 g/mol. The van der Waals surface area contributed by atoms with Gasteiger partial charge in [0.1, 0.15) is 5.84 Å². The van der Waals surface area contributed by atoms with E-state index in [4.69, 9.17) is 10.5 Å². The molecule has 0 aliphatic carbocycles. The first-order valence-corrected chi connectivity index (χ1v) is 9.46. The van der Waals surface area contributed by atoms with E-state index in [1.807, 2.05) is 52.0 Å². The Kier molecular flexibility index (Phi) is 7.74. The zero-order valence-electron chi connectivity index (χ0n) is 17.7. The SMILES string of the molecule is C=C(/C=C\N=C(C)Nc1ccc(C#N)cc1)Nc1c(C)ccc(/C(C)=C\C#N)c1C. The smallest absolute Gasteiger partial charge is 0.103 e. The lowest BCUT2D eigenvalue weighted by atomic mass is 9.97. The second-order valence-electron chi connectivity index (χ2n) is 6.88. The number of nitriles is 2. The van der Waals surface area contributed by atoms with Crippen molar-refractivity contribution in [1.82, 2.24) is 0 Å². The van der Waals surface area contributed by atoms with Crippen LogP contribution in [0.4, 0.5) is 11.4 Å². The highest BCUT2D eigenvalue weighted by atomic mass is 15.0. The number of hydrogen-bond acceptors (Lipinski definition) is 4. The van der Waals surface area contributed by atoms with Crippen LogP contribution < -0.4 is 10.6 Å². The standard InChI is InChI=1S/C25H25N5/c1-17(12-14-26)24-11-6-18(2)25(20(24)4)29-19(3)13-15-28-21(5)30-23-9-7-22(16-27)8-10-23/h6-13,15,29H,3H2,1-2,4-5H3,(H,28,30)/b15-13-,17-12-. The summed E-state index contributed by atoms with van der Waals surface area (Å²) in [5, 5.41) is 24.3. The van der Waals surface area contributed by atoms with Crippen LogP contribution in [0.1, 0.15) is 36.1 Å². The van der Waals surface area contributed by atoms with Crippen LogP contribution >= 0.6 is 0 Å². The molecule has 0 aliphatic heterocycles. The zero-order chi connectivity index (χ0) is 22.1. The number of allylic oxidation sites excluding steroid dienone is 3. The Morgan fingerprint density at radius 2 is 1.73 bits per heavy atom. The molecule has 0 saturated carbocycles. The molecule has 0 aromatic heterocycles. The Hall–Kier alpha value is -4.09. The van der Waals surface area contributed by atoms with Crippen molar-refractivity contribution in [1.29, 1.82) is 10.5 Å². The highest BCUT2D eigenvalue weighted by molar-refractivity contribution is 5.93. The first kappa shape index (κ1) is 22.2. The minimum Gasteiger partial charge on any atom is -0.356 e. The van der Waals surface area contributed by atoms with Gasteiger partial charge in [-0.15, -0.1) is 0 Å². The topological polar surface area (TPSA) is 84.0 Å². The maximum Gasteiger partial charge on any atom is 0.103 e. The van der Waals surface area contributed by atoms with Gasteiger partial charge in [-0.2, -0.15) is 10.5 Å². The molecule has 5 nitrogen and oxygen atoms in total. The van der Waals surface area contributed by atoms with Crippen molar-refractivity contribution in [2.24, 2.45) is 4.99 Å². The molecule has 2 N–H and O–H groups in total. The molecule has 0 amide bonds. The van der Waals surface area contributed by atoms with Gasteiger partial charge in [0.25, 0.3) is 0 Å². The van der Waals surface area contributed by atoms with Crippen molar-refractivity contribution in [2.75, 3.05) is 10.6 Å². The van der Waals surface area contributed by atoms with Crippen LogP contribution in [0, 0.1) is 36.5 Å². The van der Waals surface area contributed by atoms with Gasteiger partial charge in [0.2, 0.25) is 0 Å². The molecule has 0 heterocycles. The van der Waals surface area contributed by atoms with Crippen molar-refractivity contribution in [3.8, 4) is 12.1 Å². The summed E-state index contributed by atoms with van der Waals surface area (Å²) in [6.45, 7) is 11.9. The monoisotopic (exact) mass is 395 g/mol. The second-order valence-corrected chi connectivity index (χ2v) is 6.88. The van der Waals surface area contributed by atoms with Crippen LogP contribution in [0.25, 0.3) is 5.57 Å². The van der Waals surface area contributed by atoms with Crippen LogP contribution in [-0.4, -0.2) is 5.84 Å². The van der Waals surface area contributed by atoms with Gasteiger partial charge in [0, 0.05) is 29.3 Å². The summed E-state index contributed by atoms with van der Waals surface area (Å²) >= 11 is 0. The van der Waals surface area contributed by atoms with Crippen LogP contribution in [-0.2, 0) is 0 Å². The van der Waals surface area contributed by atoms with Gasteiger partial charge >= 0.3 is 0 Å². The van der Waals surface area contributed by atoms with Crippen LogP contribution in [0.3, 0.4) is 0 Å². The molecule has 0 unspecified atom stereocenters. The number of hydrogen-bond donors (Lipinski definition) is 2. The molecule has 0 bridgehead atoms. The third-order valence-corrected chi connectivity index (χ3v) is 4.55. The molecule has 5 heteroatoms. The minimum absolute atomic E-state index is 0.616. The van der Waals surface area contributed by atoms with E-state index in [1.165, 1.54) is 0 Å². The van der Waals surface area contributed by atoms with Gasteiger partial charge < -0.3 is 10.6 Å². The van der Waals surface area contributed by atoms with Crippen molar-refractivity contribution < 1.29 is 0 Å². The number of anilines is 2. The third kappa shape index (κ3) is 5.95. The summed E-state index contributed by atoms with van der Waals surface area (Å²) in [4.78, 5) is 4.37. The van der Waals surface area contributed by atoms with Gasteiger partial charge in [-0.05, 0) is 80.3 Å². The van der Waals surface area contributed by atoms with Crippen LogP contribution in [0.5, 0.6) is 0 Å². The summed E-state index contributed by atoms with van der Waals surface area (Å²) in [7, 11) is 0. The Bertz CT molecular complexity index is 1100. The lowest BCUT2D eigenvalue weighted by molar-refractivity contribution is 1.31. The average Bonchev–Trinajstić information content (AvgIpc) is 2.71. The van der Waals surface area contributed by atoms with Gasteiger partial charge in [-0.1, -0.05) is 18.7 Å². The molecule has 0 aliphatic rings. The molecular formula is C25H25N5. The maximum atomic E-state index is 8.92. The fourth-order valence-electron chi connectivity index (χ4n) is 2.95. The summed E-state index contributed by atoms with van der Waals surface area (Å²) in [6, 6.07) is 15.4. The fourth-order valence-corrected chi connectivity index (χ4v) is 2.95. The highest BCUT2D eigenvalue weighted by Crippen LogP contribution is 2.29. The predicted octanol–water partition coefficient (Wildman–Crippen LogP) is 6.07. The number of nitrogens with one attached hydrogen (secondary N) is 2. The molecule has 0 radical (unpaired) electrons. The van der Waals surface area contributed by atoms with E-state index in [0.29, 0.717) is 11.3 Å². The van der Waals surface area contributed by atoms with Crippen molar-refractivity contribution in [3.05, 3.63) is 89.3 Å².